The lowest BCUT2D eigenvalue weighted by Gasteiger charge is -2.19. The van der Waals surface area contributed by atoms with Crippen LogP contribution in [0.5, 0.6) is 0 Å². The minimum absolute atomic E-state index is 0.149. The summed E-state index contributed by atoms with van der Waals surface area (Å²) in [5.74, 6) is 0. The summed E-state index contributed by atoms with van der Waals surface area (Å²) in [4.78, 5) is 8.05. The van der Waals surface area contributed by atoms with Gasteiger partial charge in [-0.25, -0.2) is 0 Å². The quantitative estimate of drug-likeness (QED) is 0.243. The summed E-state index contributed by atoms with van der Waals surface area (Å²) in [6.45, 7) is 11.2. The van der Waals surface area contributed by atoms with Crippen LogP contribution in [0, 0.1) is 6.92 Å². The second-order valence-electron chi connectivity index (χ2n) is 11.0. The van der Waals surface area contributed by atoms with E-state index in [1.165, 1.54) is 33.5 Å². The summed E-state index contributed by atoms with van der Waals surface area (Å²) in [6, 6.07) is 14.7. The molecule has 4 aromatic rings. The van der Waals surface area contributed by atoms with E-state index in [1.54, 1.807) is 0 Å². The van der Waals surface area contributed by atoms with E-state index in [-0.39, 0.29) is 5.41 Å². The number of aryl methyl sites for hydroxylation is 1. The van der Waals surface area contributed by atoms with E-state index in [0.717, 1.165) is 48.3 Å². The largest absolute Gasteiger partial charge is 0.386 e. The number of rotatable bonds is 7. The maximum Gasteiger partial charge on any atom is 0.0860 e. The number of hydrogen-bond acceptors (Lipinski definition) is 4. The molecule has 5 rings (SSSR count). The van der Waals surface area contributed by atoms with E-state index in [2.05, 4.69) is 77.9 Å². The first-order valence-electron chi connectivity index (χ1n) is 12.6. The number of aromatic nitrogens is 2. The molecule has 5 heteroatoms. The Morgan fingerprint density at radius 1 is 1.11 bits per heavy atom. The van der Waals surface area contributed by atoms with E-state index in [0.29, 0.717) is 0 Å². The lowest BCUT2D eigenvalue weighted by molar-refractivity contribution is 0.0800. The SMILES string of the molecule is Cc1cc(NCCc2c[nH]c3c(C(C)(C)O)cccc23)ccc1Nc1ccnc2c1CCC2(C)C. The van der Waals surface area contributed by atoms with Crippen molar-refractivity contribution in [2.45, 2.75) is 64.9 Å². The van der Waals surface area contributed by atoms with Gasteiger partial charge in [-0.2, -0.15) is 0 Å². The molecular weight excluding hydrogens is 432 g/mol. The summed E-state index contributed by atoms with van der Waals surface area (Å²) in [7, 11) is 0. The van der Waals surface area contributed by atoms with Crippen LogP contribution in [0.25, 0.3) is 10.9 Å². The number of H-pyrrole nitrogens is 1. The second-order valence-corrected chi connectivity index (χ2v) is 11.0. The molecule has 0 amide bonds. The van der Waals surface area contributed by atoms with Crippen LogP contribution >= 0.6 is 0 Å². The zero-order chi connectivity index (χ0) is 24.8. The van der Waals surface area contributed by atoms with Crippen LogP contribution in [0.15, 0.2) is 54.9 Å². The van der Waals surface area contributed by atoms with Crippen LogP contribution in [-0.2, 0) is 23.9 Å². The van der Waals surface area contributed by atoms with E-state index in [4.69, 9.17) is 0 Å². The van der Waals surface area contributed by atoms with Gasteiger partial charge >= 0.3 is 0 Å². The molecule has 0 spiro atoms. The first-order chi connectivity index (χ1) is 16.6. The van der Waals surface area contributed by atoms with Crippen molar-refractivity contribution in [3.05, 3.63) is 82.8 Å². The summed E-state index contributed by atoms with van der Waals surface area (Å²) in [6.07, 6.45) is 7.10. The van der Waals surface area contributed by atoms with E-state index < -0.39 is 5.60 Å². The molecule has 0 unspecified atom stereocenters. The molecule has 0 fully saturated rings. The normalized spacial score (nSPS) is 14.8. The van der Waals surface area contributed by atoms with Crippen molar-refractivity contribution in [1.82, 2.24) is 9.97 Å². The molecular formula is C30H36N4O. The number of nitrogens with zero attached hydrogens (tertiary/aromatic N) is 1. The number of fused-ring (bicyclic) bond motifs is 2. The molecule has 0 aliphatic heterocycles. The zero-order valence-corrected chi connectivity index (χ0v) is 21.4. The Bertz CT molecular complexity index is 1380. The van der Waals surface area contributed by atoms with Crippen LogP contribution in [-0.4, -0.2) is 21.6 Å². The van der Waals surface area contributed by atoms with Gasteiger partial charge in [0.25, 0.3) is 0 Å². The van der Waals surface area contributed by atoms with Crippen molar-refractivity contribution >= 4 is 28.0 Å². The maximum absolute atomic E-state index is 10.5. The summed E-state index contributed by atoms with van der Waals surface area (Å²) in [5, 5.41) is 18.9. The maximum atomic E-state index is 10.5. The number of aliphatic hydroxyl groups is 1. The fourth-order valence-electron chi connectivity index (χ4n) is 5.33. The van der Waals surface area contributed by atoms with Gasteiger partial charge in [-0.15, -0.1) is 0 Å². The van der Waals surface area contributed by atoms with Gasteiger partial charge in [-0.1, -0.05) is 32.0 Å². The third-order valence-electron chi connectivity index (χ3n) is 7.38. The summed E-state index contributed by atoms with van der Waals surface area (Å²) < 4.78 is 0. The highest BCUT2D eigenvalue weighted by Gasteiger charge is 2.32. The number of hydrogen-bond donors (Lipinski definition) is 4. The molecule has 2 aromatic carbocycles. The lowest BCUT2D eigenvalue weighted by atomic mass is 9.90. The highest BCUT2D eigenvalue weighted by Crippen LogP contribution is 2.41. The first-order valence-corrected chi connectivity index (χ1v) is 12.6. The predicted molar refractivity (Wildman–Crippen MR) is 146 cm³/mol. The second kappa shape index (κ2) is 8.72. The molecule has 2 heterocycles. The standard InChI is InChI=1S/C30H36N4O/c1-19-17-21(9-10-25(19)34-26-13-16-32-28-23(26)11-14-29(28,2)3)31-15-12-20-18-33-27-22(20)7-6-8-24(27)30(4,5)35/h6-10,13,16-18,31,33,35H,11-12,14-15H2,1-5H3,(H,32,34). The average Bonchev–Trinajstić information content (AvgIpc) is 3.36. The van der Waals surface area contributed by atoms with Gasteiger partial charge in [-0.3, -0.25) is 4.98 Å². The number of anilines is 3. The lowest BCUT2D eigenvalue weighted by Crippen LogP contribution is -2.15. The van der Waals surface area contributed by atoms with Crippen LogP contribution < -0.4 is 10.6 Å². The number of aromatic amines is 1. The smallest absolute Gasteiger partial charge is 0.0860 e. The molecule has 1 aliphatic rings. The topological polar surface area (TPSA) is 73.0 Å². The van der Waals surface area contributed by atoms with Crippen molar-refractivity contribution in [3.63, 3.8) is 0 Å². The third-order valence-corrected chi connectivity index (χ3v) is 7.38. The van der Waals surface area contributed by atoms with Crippen LogP contribution in [0.4, 0.5) is 17.1 Å². The van der Waals surface area contributed by atoms with Crippen molar-refractivity contribution in [3.8, 4) is 0 Å². The number of nitrogens with one attached hydrogen (secondary N) is 3. The number of pyridine rings is 1. The molecule has 0 saturated carbocycles. The van der Waals surface area contributed by atoms with Gasteiger partial charge in [0.15, 0.2) is 0 Å². The van der Waals surface area contributed by atoms with E-state index in [1.807, 2.05) is 32.2 Å². The highest BCUT2D eigenvalue weighted by atomic mass is 16.3. The Kier molecular flexibility index (Phi) is 5.84. The van der Waals surface area contributed by atoms with Gasteiger partial charge in [0.1, 0.15) is 0 Å². The molecule has 1 aliphatic carbocycles. The minimum Gasteiger partial charge on any atom is -0.386 e. The first kappa shape index (κ1) is 23.4. The molecule has 4 N–H and O–H groups in total. The van der Waals surface area contributed by atoms with Crippen LogP contribution in [0.2, 0.25) is 0 Å². The van der Waals surface area contributed by atoms with Gasteiger partial charge in [0.05, 0.1) is 16.8 Å². The Balaban J connectivity index is 1.26. The predicted octanol–water partition coefficient (Wildman–Crippen LogP) is 6.72. The Hall–Kier alpha value is -3.31. The number of benzene rings is 2. The fourth-order valence-corrected chi connectivity index (χ4v) is 5.33. The highest BCUT2D eigenvalue weighted by molar-refractivity contribution is 5.86. The van der Waals surface area contributed by atoms with Crippen molar-refractivity contribution < 1.29 is 5.11 Å². The van der Waals surface area contributed by atoms with Gasteiger partial charge in [0.2, 0.25) is 0 Å². The molecule has 182 valence electrons. The molecule has 0 bridgehead atoms. The average molecular weight is 469 g/mol. The van der Waals surface area contributed by atoms with Gasteiger partial charge in [-0.05, 0) is 81.0 Å². The summed E-state index contributed by atoms with van der Waals surface area (Å²) >= 11 is 0. The Labute approximate surface area is 208 Å². The van der Waals surface area contributed by atoms with Crippen LogP contribution in [0.1, 0.15) is 62.1 Å². The van der Waals surface area contributed by atoms with Crippen molar-refractivity contribution in [2.75, 3.05) is 17.2 Å². The Morgan fingerprint density at radius 3 is 2.71 bits per heavy atom. The molecule has 5 nitrogen and oxygen atoms in total. The number of para-hydroxylation sites is 1. The zero-order valence-electron chi connectivity index (χ0n) is 21.4. The van der Waals surface area contributed by atoms with E-state index >= 15 is 0 Å². The molecule has 0 atom stereocenters. The third kappa shape index (κ3) is 4.53. The molecule has 35 heavy (non-hydrogen) atoms. The van der Waals surface area contributed by atoms with E-state index in [9.17, 15) is 5.11 Å². The molecule has 0 radical (unpaired) electrons. The van der Waals surface area contributed by atoms with Crippen molar-refractivity contribution in [2.24, 2.45) is 0 Å². The fraction of sp³-hybridized carbons (Fsp3) is 0.367. The Morgan fingerprint density at radius 2 is 1.94 bits per heavy atom. The van der Waals surface area contributed by atoms with Crippen LogP contribution in [0.3, 0.4) is 0 Å². The van der Waals surface area contributed by atoms with Crippen molar-refractivity contribution in [1.29, 1.82) is 0 Å². The minimum atomic E-state index is -0.875. The molecule has 0 saturated heterocycles. The molecule has 2 aromatic heterocycles. The summed E-state index contributed by atoms with van der Waals surface area (Å²) in [5.41, 5.74) is 9.68. The van der Waals surface area contributed by atoms with Gasteiger partial charge < -0.3 is 20.7 Å². The monoisotopic (exact) mass is 468 g/mol. The van der Waals surface area contributed by atoms with Gasteiger partial charge in [0, 0.05) is 52.4 Å².